The zero-order valence-corrected chi connectivity index (χ0v) is 15.6. The minimum Gasteiger partial charge on any atom is -0.493 e. The van der Waals surface area contributed by atoms with E-state index in [0.717, 1.165) is 41.1 Å². The number of rotatable bonds is 5. The number of pyridine rings is 2. The number of hydrogen-bond donors (Lipinski definition) is 1. The number of fused-ring (bicyclic) bond motifs is 1. The Morgan fingerprint density at radius 1 is 1.26 bits per heavy atom. The van der Waals surface area contributed by atoms with Gasteiger partial charge in [-0.1, -0.05) is 11.6 Å². The Balaban J connectivity index is 1.45. The number of nitrogens with zero attached hydrogens (tertiary/aromatic N) is 3. The average molecular weight is 383 g/mol. The summed E-state index contributed by atoms with van der Waals surface area (Å²) in [5.41, 5.74) is 0.819. The summed E-state index contributed by atoms with van der Waals surface area (Å²) in [6.45, 7) is 3.76. The summed E-state index contributed by atoms with van der Waals surface area (Å²) >= 11 is 5.83. The molecule has 1 saturated heterocycles. The van der Waals surface area contributed by atoms with Crippen molar-refractivity contribution in [2.24, 2.45) is 5.92 Å². The van der Waals surface area contributed by atoms with Gasteiger partial charge in [0.1, 0.15) is 16.7 Å². The maximum absolute atomic E-state index is 11.2. The van der Waals surface area contributed by atoms with Gasteiger partial charge in [0.25, 0.3) is 0 Å². The molecule has 1 aromatic carbocycles. The molecule has 0 radical (unpaired) electrons. The van der Waals surface area contributed by atoms with E-state index < -0.39 is 0 Å². The molecule has 27 heavy (non-hydrogen) atoms. The van der Waals surface area contributed by atoms with Crippen LogP contribution in [0.4, 0.5) is 11.5 Å². The Bertz CT molecular complexity index is 971. The van der Waals surface area contributed by atoms with Crippen LogP contribution in [0.5, 0.6) is 5.75 Å². The van der Waals surface area contributed by atoms with E-state index >= 15 is 0 Å². The van der Waals surface area contributed by atoms with Gasteiger partial charge in [0.2, 0.25) is 5.91 Å². The lowest BCUT2D eigenvalue weighted by molar-refractivity contribution is -0.135. The van der Waals surface area contributed by atoms with Gasteiger partial charge < -0.3 is 15.0 Å². The maximum Gasteiger partial charge on any atom is 0.219 e. The molecule has 1 N–H and O–H groups in total. The molecule has 0 bridgehead atoms. The van der Waals surface area contributed by atoms with Gasteiger partial charge in [-0.2, -0.15) is 0 Å². The first-order chi connectivity index (χ1) is 13.1. The van der Waals surface area contributed by atoms with E-state index in [4.69, 9.17) is 16.3 Å². The molecule has 1 aliphatic heterocycles. The van der Waals surface area contributed by atoms with E-state index in [1.165, 1.54) is 0 Å². The highest BCUT2D eigenvalue weighted by atomic mass is 35.5. The molecule has 1 fully saturated rings. The third-order valence-corrected chi connectivity index (χ3v) is 4.84. The molecule has 3 aromatic rings. The summed E-state index contributed by atoms with van der Waals surface area (Å²) in [4.78, 5) is 21.6. The second-order valence-electron chi connectivity index (χ2n) is 6.64. The number of hydrogen-bond acceptors (Lipinski definition) is 5. The fourth-order valence-corrected chi connectivity index (χ4v) is 3.19. The van der Waals surface area contributed by atoms with Crippen LogP contribution < -0.4 is 10.1 Å². The first kappa shape index (κ1) is 17.5. The van der Waals surface area contributed by atoms with Crippen LogP contribution in [0.2, 0.25) is 5.15 Å². The first-order valence-electron chi connectivity index (χ1n) is 8.74. The molecule has 4 rings (SSSR count). The van der Waals surface area contributed by atoms with Gasteiger partial charge in [-0.15, -0.1) is 0 Å². The van der Waals surface area contributed by atoms with Gasteiger partial charge in [-0.05, 0) is 41.8 Å². The van der Waals surface area contributed by atoms with Crippen molar-refractivity contribution in [3.05, 3.63) is 53.9 Å². The summed E-state index contributed by atoms with van der Waals surface area (Å²) in [5, 5.41) is 5.74. The van der Waals surface area contributed by atoms with Crippen LogP contribution in [0.3, 0.4) is 0 Å². The van der Waals surface area contributed by atoms with Gasteiger partial charge in [0.05, 0.1) is 18.5 Å². The predicted octanol–water partition coefficient (Wildman–Crippen LogP) is 3.88. The monoisotopic (exact) mass is 382 g/mol. The van der Waals surface area contributed by atoms with Crippen LogP contribution >= 0.6 is 11.6 Å². The van der Waals surface area contributed by atoms with E-state index in [1.54, 1.807) is 25.4 Å². The van der Waals surface area contributed by atoms with E-state index in [1.807, 2.05) is 35.2 Å². The molecular formula is C20H19ClN4O2. The molecule has 7 heteroatoms. The molecule has 0 aliphatic carbocycles. The van der Waals surface area contributed by atoms with Gasteiger partial charge in [0.15, 0.2) is 0 Å². The van der Waals surface area contributed by atoms with Gasteiger partial charge in [-0.3, -0.25) is 4.79 Å². The summed E-state index contributed by atoms with van der Waals surface area (Å²) < 4.78 is 5.91. The molecule has 6 nitrogen and oxygen atoms in total. The molecule has 3 heterocycles. The Labute approximate surface area is 162 Å². The topological polar surface area (TPSA) is 67.3 Å². The summed E-state index contributed by atoms with van der Waals surface area (Å²) in [6.07, 6.45) is 3.43. The lowest BCUT2D eigenvalue weighted by Gasteiger charge is -2.38. The Hall–Kier alpha value is -2.86. The van der Waals surface area contributed by atoms with Crippen molar-refractivity contribution in [1.82, 2.24) is 14.9 Å². The zero-order valence-electron chi connectivity index (χ0n) is 14.9. The first-order valence-corrected chi connectivity index (χ1v) is 9.12. The van der Waals surface area contributed by atoms with Crippen molar-refractivity contribution < 1.29 is 9.53 Å². The standard InChI is InChI=1S/C20H19ClN4O2/c1-13(26)25-10-14(11-25)12-27-17-3-4-18-15(8-17)6-7-22-20(18)24-16-2-5-19(21)23-9-16/h2-9,14H,10-12H2,1H3,(H,22,24). The van der Waals surface area contributed by atoms with Crippen LogP contribution in [0.25, 0.3) is 10.8 Å². The maximum atomic E-state index is 11.2. The third-order valence-electron chi connectivity index (χ3n) is 4.61. The Kier molecular flexibility index (Phi) is 4.81. The molecule has 0 atom stereocenters. The normalized spacial score (nSPS) is 14.1. The van der Waals surface area contributed by atoms with Crippen LogP contribution in [0.15, 0.2) is 48.8 Å². The highest BCUT2D eigenvalue weighted by Crippen LogP contribution is 2.28. The van der Waals surface area contributed by atoms with Crippen molar-refractivity contribution >= 4 is 39.8 Å². The summed E-state index contributed by atoms with van der Waals surface area (Å²) in [6, 6.07) is 11.5. The zero-order chi connectivity index (χ0) is 18.8. The molecule has 0 unspecified atom stereocenters. The third kappa shape index (κ3) is 3.95. The minimum atomic E-state index is 0.125. The van der Waals surface area contributed by atoms with E-state index in [-0.39, 0.29) is 5.91 Å². The van der Waals surface area contributed by atoms with Crippen LogP contribution in [-0.2, 0) is 4.79 Å². The van der Waals surface area contributed by atoms with Gasteiger partial charge >= 0.3 is 0 Å². The number of carbonyl (C=O) groups is 1. The largest absolute Gasteiger partial charge is 0.493 e. The summed E-state index contributed by atoms with van der Waals surface area (Å²) in [7, 11) is 0. The molecule has 138 valence electrons. The van der Waals surface area contributed by atoms with Crippen molar-refractivity contribution in [2.45, 2.75) is 6.92 Å². The van der Waals surface area contributed by atoms with E-state index in [9.17, 15) is 4.79 Å². The lowest BCUT2D eigenvalue weighted by Crippen LogP contribution is -2.51. The number of ether oxygens (including phenoxy) is 1. The van der Waals surface area contributed by atoms with Crippen LogP contribution in [-0.4, -0.2) is 40.5 Å². The van der Waals surface area contributed by atoms with Gasteiger partial charge in [0, 0.05) is 37.5 Å². The van der Waals surface area contributed by atoms with Crippen molar-refractivity contribution in [3.63, 3.8) is 0 Å². The highest BCUT2D eigenvalue weighted by molar-refractivity contribution is 6.29. The summed E-state index contributed by atoms with van der Waals surface area (Å²) in [5.74, 6) is 2.09. The predicted molar refractivity (Wildman–Crippen MR) is 106 cm³/mol. The number of aromatic nitrogens is 2. The molecule has 1 amide bonds. The smallest absolute Gasteiger partial charge is 0.219 e. The fourth-order valence-electron chi connectivity index (χ4n) is 3.08. The second kappa shape index (κ2) is 7.40. The Morgan fingerprint density at radius 3 is 2.85 bits per heavy atom. The quantitative estimate of drug-likeness (QED) is 0.678. The molecule has 0 spiro atoms. The second-order valence-corrected chi connectivity index (χ2v) is 7.03. The SMILES string of the molecule is CC(=O)N1CC(COc2ccc3c(Nc4ccc(Cl)nc4)nccc3c2)C1. The van der Waals surface area contributed by atoms with Crippen molar-refractivity contribution in [1.29, 1.82) is 0 Å². The molecule has 0 saturated carbocycles. The fraction of sp³-hybridized carbons (Fsp3) is 0.250. The highest BCUT2D eigenvalue weighted by Gasteiger charge is 2.28. The van der Waals surface area contributed by atoms with E-state index in [2.05, 4.69) is 15.3 Å². The number of anilines is 2. The van der Waals surface area contributed by atoms with Crippen LogP contribution in [0, 0.1) is 5.92 Å². The number of likely N-dealkylation sites (tertiary alicyclic amines) is 1. The average Bonchev–Trinajstić information content (AvgIpc) is 2.62. The lowest BCUT2D eigenvalue weighted by atomic mass is 10.0. The molecule has 2 aromatic heterocycles. The van der Waals surface area contributed by atoms with Gasteiger partial charge in [-0.25, -0.2) is 9.97 Å². The Morgan fingerprint density at radius 2 is 2.11 bits per heavy atom. The van der Waals surface area contributed by atoms with E-state index in [0.29, 0.717) is 17.7 Å². The number of nitrogens with one attached hydrogen (secondary N) is 1. The number of halogens is 1. The number of carbonyl (C=O) groups excluding carboxylic acids is 1. The number of benzene rings is 1. The van der Waals surface area contributed by atoms with Crippen LogP contribution in [0.1, 0.15) is 6.92 Å². The van der Waals surface area contributed by atoms with Crippen molar-refractivity contribution in [3.8, 4) is 5.75 Å². The minimum absolute atomic E-state index is 0.125. The number of amides is 1. The molecule has 1 aliphatic rings. The van der Waals surface area contributed by atoms with Crippen molar-refractivity contribution in [2.75, 3.05) is 25.0 Å². The molecular weight excluding hydrogens is 364 g/mol.